The number of carbonyl (C=O) groups is 2. The molecule has 0 bridgehead atoms. The molecule has 98 valence electrons. The molecule has 0 saturated heterocycles. The summed E-state index contributed by atoms with van der Waals surface area (Å²) in [6, 6.07) is 7.32. The van der Waals surface area contributed by atoms with E-state index >= 15 is 0 Å². The number of benzene rings is 1. The molecule has 1 aromatic heterocycles. The Hall–Kier alpha value is -2.43. The minimum Gasteiger partial charge on any atom is -0.355 e. The minimum atomic E-state index is -0.149. The number of nitrogens with one attached hydrogen (secondary N) is 2. The maximum Gasteiger partial charge on any atom is 0.251 e. The average molecular weight is 257 g/mol. The van der Waals surface area contributed by atoms with Crippen LogP contribution in [0.15, 0.2) is 36.7 Å². The zero-order valence-electron chi connectivity index (χ0n) is 10.6. The summed E-state index contributed by atoms with van der Waals surface area (Å²) < 4.78 is 0. The Balaban J connectivity index is 1.99. The summed E-state index contributed by atoms with van der Waals surface area (Å²) in [7, 11) is 0. The summed E-state index contributed by atoms with van der Waals surface area (Å²) in [5.74, 6) is -0.253. The molecule has 2 amide bonds. The zero-order chi connectivity index (χ0) is 13.7. The van der Waals surface area contributed by atoms with Gasteiger partial charge in [0.2, 0.25) is 5.91 Å². The summed E-state index contributed by atoms with van der Waals surface area (Å²) in [6.45, 7) is 2.28. The van der Waals surface area contributed by atoms with Crippen LogP contribution in [0.1, 0.15) is 17.3 Å². The van der Waals surface area contributed by atoms with Crippen LogP contribution in [0.4, 0.5) is 0 Å². The van der Waals surface area contributed by atoms with Crippen molar-refractivity contribution in [3.63, 3.8) is 0 Å². The molecular formula is C14H15N3O2. The molecule has 1 heterocycles. The van der Waals surface area contributed by atoms with E-state index < -0.39 is 0 Å². The van der Waals surface area contributed by atoms with Gasteiger partial charge in [0.15, 0.2) is 0 Å². The third-order valence-corrected chi connectivity index (χ3v) is 2.69. The van der Waals surface area contributed by atoms with Gasteiger partial charge in [-0.2, -0.15) is 0 Å². The number of amides is 2. The van der Waals surface area contributed by atoms with Crippen molar-refractivity contribution in [1.82, 2.24) is 15.6 Å². The van der Waals surface area contributed by atoms with Gasteiger partial charge in [-0.05, 0) is 23.6 Å². The quantitative estimate of drug-likeness (QED) is 0.806. The lowest BCUT2D eigenvalue weighted by molar-refractivity contribution is -0.118. The molecule has 2 N–H and O–H groups in total. The molecule has 0 atom stereocenters. The number of pyridine rings is 1. The highest BCUT2D eigenvalue weighted by Gasteiger charge is 2.05. The highest BCUT2D eigenvalue weighted by atomic mass is 16.2. The second-order valence-corrected chi connectivity index (χ2v) is 4.18. The van der Waals surface area contributed by atoms with Crippen molar-refractivity contribution in [2.45, 2.75) is 6.92 Å². The number of carbonyl (C=O) groups excluding carboxylic acids is 2. The molecule has 0 radical (unpaired) electrons. The Morgan fingerprint density at radius 1 is 1.11 bits per heavy atom. The van der Waals surface area contributed by atoms with E-state index in [1.165, 1.54) is 6.92 Å². The average Bonchev–Trinajstić information content (AvgIpc) is 2.42. The Morgan fingerprint density at radius 3 is 2.68 bits per heavy atom. The lowest BCUT2D eigenvalue weighted by Gasteiger charge is -2.06. The van der Waals surface area contributed by atoms with E-state index in [0.717, 1.165) is 10.8 Å². The van der Waals surface area contributed by atoms with Crippen LogP contribution in [-0.4, -0.2) is 29.9 Å². The van der Waals surface area contributed by atoms with Gasteiger partial charge in [0.05, 0.1) is 0 Å². The Bertz CT molecular complexity index is 610. The predicted molar refractivity (Wildman–Crippen MR) is 72.8 cm³/mol. The number of aromatic nitrogens is 1. The number of rotatable bonds is 4. The molecule has 19 heavy (non-hydrogen) atoms. The summed E-state index contributed by atoms with van der Waals surface area (Å²) in [6.07, 6.45) is 3.45. The normalized spacial score (nSPS) is 10.2. The lowest BCUT2D eigenvalue weighted by Crippen LogP contribution is -2.33. The van der Waals surface area contributed by atoms with Crippen molar-refractivity contribution in [2.75, 3.05) is 13.1 Å². The Morgan fingerprint density at radius 2 is 1.89 bits per heavy atom. The van der Waals surface area contributed by atoms with E-state index in [1.807, 2.05) is 18.2 Å². The molecule has 5 heteroatoms. The summed E-state index contributed by atoms with van der Waals surface area (Å²) >= 11 is 0. The van der Waals surface area contributed by atoms with Crippen LogP contribution >= 0.6 is 0 Å². The van der Waals surface area contributed by atoms with Gasteiger partial charge in [-0.3, -0.25) is 14.6 Å². The van der Waals surface area contributed by atoms with E-state index in [2.05, 4.69) is 15.6 Å². The van der Waals surface area contributed by atoms with Crippen LogP contribution in [-0.2, 0) is 4.79 Å². The molecule has 2 rings (SSSR count). The van der Waals surface area contributed by atoms with Crippen molar-refractivity contribution >= 4 is 22.6 Å². The largest absolute Gasteiger partial charge is 0.355 e. The molecule has 2 aromatic rings. The van der Waals surface area contributed by atoms with Crippen molar-refractivity contribution in [2.24, 2.45) is 0 Å². The summed E-state index contributed by atoms with van der Waals surface area (Å²) in [5, 5.41) is 7.34. The van der Waals surface area contributed by atoms with Gasteiger partial charge in [0, 0.05) is 43.4 Å². The smallest absolute Gasteiger partial charge is 0.251 e. The topological polar surface area (TPSA) is 71.1 Å². The predicted octanol–water partition coefficient (Wildman–Crippen LogP) is 1.10. The number of fused-ring (bicyclic) bond motifs is 1. The van der Waals surface area contributed by atoms with E-state index in [-0.39, 0.29) is 11.8 Å². The second-order valence-electron chi connectivity index (χ2n) is 4.18. The first-order chi connectivity index (χ1) is 9.16. The number of nitrogens with zero attached hydrogens (tertiary/aromatic N) is 1. The maximum absolute atomic E-state index is 11.9. The van der Waals surface area contributed by atoms with Crippen molar-refractivity contribution in [3.05, 3.63) is 42.2 Å². The van der Waals surface area contributed by atoms with Crippen molar-refractivity contribution in [3.8, 4) is 0 Å². The van der Waals surface area contributed by atoms with Crippen LogP contribution in [0.2, 0.25) is 0 Å². The molecule has 0 spiro atoms. The Labute approximate surface area is 111 Å². The first kappa shape index (κ1) is 13.0. The second kappa shape index (κ2) is 5.95. The standard InChI is InChI=1S/C14H15N3O2/c1-10(18)16-6-7-17-14(19)12-2-3-13-9-15-5-4-11(13)8-12/h2-5,8-9H,6-7H2,1H3,(H,16,18)(H,17,19). The van der Waals surface area contributed by atoms with Crippen molar-refractivity contribution in [1.29, 1.82) is 0 Å². The molecule has 0 aliphatic carbocycles. The highest BCUT2D eigenvalue weighted by Crippen LogP contribution is 2.14. The van der Waals surface area contributed by atoms with Gasteiger partial charge < -0.3 is 10.6 Å². The molecular weight excluding hydrogens is 242 g/mol. The summed E-state index contributed by atoms with van der Waals surface area (Å²) in [4.78, 5) is 26.6. The third kappa shape index (κ3) is 3.51. The third-order valence-electron chi connectivity index (χ3n) is 2.69. The fraction of sp³-hybridized carbons (Fsp3) is 0.214. The number of hydrogen-bond donors (Lipinski definition) is 2. The highest BCUT2D eigenvalue weighted by molar-refractivity contribution is 5.98. The van der Waals surface area contributed by atoms with Crippen LogP contribution in [0.25, 0.3) is 10.8 Å². The van der Waals surface area contributed by atoms with E-state index in [4.69, 9.17) is 0 Å². The molecule has 1 aromatic carbocycles. The van der Waals surface area contributed by atoms with Crippen LogP contribution in [0, 0.1) is 0 Å². The van der Waals surface area contributed by atoms with Crippen LogP contribution in [0.3, 0.4) is 0 Å². The monoisotopic (exact) mass is 257 g/mol. The van der Waals surface area contributed by atoms with Crippen LogP contribution < -0.4 is 10.6 Å². The SMILES string of the molecule is CC(=O)NCCNC(=O)c1ccc2cnccc2c1. The van der Waals surface area contributed by atoms with E-state index in [0.29, 0.717) is 18.7 Å². The van der Waals surface area contributed by atoms with Gasteiger partial charge in [-0.15, -0.1) is 0 Å². The zero-order valence-corrected chi connectivity index (χ0v) is 10.6. The lowest BCUT2D eigenvalue weighted by atomic mass is 10.1. The van der Waals surface area contributed by atoms with Gasteiger partial charge in [-0.1, -0.05) is 6.07 Å². The van der Waals surface area contributed by atoms with E-state index in [9.17, 15) is 9.59 Å². The molecule has 0 fully saturated rings. The molecule has 0 aliphatic heterocycles. The molecule has 5 nitrogen and oxygen atoms in total. The first-order valence-electron chi connectivity index (χ1n) is 6.03. The van der Waals surface area contributed by atoms with Gasteiger partial charge in [0.25, 0.3) is 5.91 Å². The molecule has 0 aliphatic rings. The minimum absolute atomic E-state index is 0.104. The number of hydrogen-bond acceptors (Lipinski definition) is 3. The fourth-order valence-corrected chi connectivity index (χ4v) is 1.74. The molecule has 0 saturated carbocycles. The van der Waals surface area contributed by atoms with Gasteiger partial charge in [0.1, 0.15) is 0 Å². The van der Waals surface area contributed by atoms with E-state index in [1.54, 1.807) is 18.5 Å². The fourth-order valence-electron chi connectivity index (χ4n) is 1.74. The Kier molecular flexibility index (Phi) is 4.07. The molecule has 0 unspecified atom stereocenters. The summed E-state index contributed by atoms with van der Waals surface area (Å²) in [5.41, 5.74) is 0.599. The van der Waals surface area contributed by atoms with Gasteiger partial charge in [-0.25, -0.2) is 0 Å². The van der Waals surface area contributed by atoms with Crippen molar-refractivity contribution < 1.29 is 9.59 Å². The first-order valence-corrected chi connectivity index (χ1v) is 6.03. The van der Waals surface area contributed by atoms with Crippen LogP contribution in [0.5, 0.6) is 0 Å². The van der Waals surface area contributed by atoms with Gasteiger partial charge >= 0.3 is 0 Å². The maximum atomic E-state index is 11.9.